The minimum atomic E-state index is -0.759. The number of ether oxygens (including phenoxy) is 1. The van der Waals surface area contributed by atoms with Crippen LogP contribution in [0.15, 0.2) is 0 Å². The van der Waals surface area contributed by atoms with Crippen molar-refractivity contribution in [2.45, 2.75) is 45.1 Å². The summed E-state index contributed by atoms with van der Waals surface area (Å²) in [5, 5.41) is 0. The van der Waals surface area contributed by atoms with Gasteiger partial charge in [0, 0.05) is 0 Å². The van der Waals surface area contributed by atoms with E-state index < -0.39 is 5.54 Å². The van der Waals surface area contributed by atoms with Gasteiger partial charge in [0.05, 0.1) is 7.11 Å². The zero-order valence-corrected chi connectivity index (χ0v) is 8.22. The van der Waals surface area contributed by atoms with Gasteiger partial charge in [0.15, 0.2) is 0 Å². The standard InChI is InChI=1S/C9H19NO2/c1-4-6-7-9(10,5-2)8(11)12-3/h4-7,10H2,1-3H3. The Labute approximate surface area is 74.3 Å². The Kier molecular flexibility index (Phi) is 4.90. The summed E-state index contributed by atoms with van der Waals surface area (Å²) < 4.78 is 4.64. The smallest absolute Gasteiger partial charge is 0.325 e. The van der Waals surface area contributed by atoms with Crippen LogP contribution in [0, 0.1) is 0 Å². The Morgan fingerprint density at radius 1 is 1.50 bits per heavy atom. The minimum absolute atomic E-state index is 0.293. The van der Waals surface area contributed by atoms with Crippen molar-refractivity contribution in [2.24, 2.45) is 5.73 Å². The van der Waals surface area contributed by atoms with Crippen LogP contribution in [-0.2, 0) is 9.53 Å². The summed E-state index contributed by atoms with van der Waals surface area (Å²) in [7, 11) is 1.38. The van der Waals surface area contributed by atoms with E-state index in [4.69, 9.17) is 5.73 Å². The van der Waals surface area contributed by atoms with Crippen molar-refractivity contribution in [3.8, 4) is 0 Å². The molecule has 0 aliphatic rings. The van der Waals surface area contributed by atoms with E-state index in [2.05, 4.69) is 11.7 Å². The highest BCUT2D eigenvalue weighted by molar-refractivity contribution is 5.80. The number of nitrogens with two attached hydrogens (primary N) is 1. The number of hydrogen-bond acceptors (Lipinski definition) is 3. The number of unbranched alkanes of at least 4 members (excludes halogenated alkanes) is 1. The molecule has 0 radical (unpaired) electrons. The van der Waals surface area contributed by atoms with Crippen molar-refractivity contribution >= 4 is 5.97 Å². The lowest BCUT2D eigenvalue weighted by atomic mass is 9.91. The van der Waals surface area contributed by atoms with Gasteiger partial charge >= 0.3 is 5.97 Å². The van der Waals surface area contributed by atoms with Crippen LogP contribution in [0.1, 0.15) is 39.5 Å². The molecule has 0 aromatic heterocycles. The third kappa shape index (κ3) is 2.81. The predicted molar refractivity (Wildman–Crippen MR) is 48.8 cm³/mol. The summed E-state index contributed by atoms with van der Waals surface area (Å²) in [6.07, 6.45) is 3.38. The quantitative estimate of drug-likeness (QED) is 0.640. The lowest BCUT2D eigenvalue weighted by Crippen LogP contribution is -2.48. The van der Waals surface area contributed by atoms with E-state index in [-0.39, 0.29) is 5.97 Å². The number of hydrogen-bond donors (Lipinski definition) is 1. The second kappa shape index (κ2) is 5.14. The average molecular weight is 173 g/mol. The highest BCUT2D eigenvalue weighted by atomic mass is 16.5. The molecule has 0 spiro atoms. The molecule has 0 aromatic rings. The van der Waals surface area contributed by atoms with Gasteiger partial charge in [-0.3, -0.25) is 4.79 Å². The highest BCUT2D eigenvalue weighted by Crippen LogP contribution is 2.16. The molecule has 0 saturated carbocycles. The van der Waals surface area contributed by atoms with E-state index >= 15 is 0 Å². The van der Waals surface area contributed by atoms with Crippen LogP contribution in [0.4, 0.5) is 0 Å². The van der Waals surface area contributed by atoms with E-state index in [0.29, 0.717) is 12.8 Å². The van der Waals surface area contributed by atoms with Crippen molar-refractivity contribution in [2.75, 3.05) is 7.11 Å². The normalized spacial score (nSPS) is 15.3. The Bertz CT molecular complexity index is 147. The molecular formula is C9H19NO2. The summed E-state index contributed by atoms with van der Waals surface area (Å²) in [6, 6.07) is 0. The fourth-order valence-electron chi connectivity index (χ4n) is 1.12. The molecule has 1 unspecified atom stereocenters. The van der Waals surface area contributed by atoms with E-state index in [1.807, 2.05) is 6.92 Å². The molecule has 0 saturated heterocycles. The first-order valence-electron chi connectivity index (χ1n) is 4.48. The van der Waals surface area contributed by atoms with Crippen LogP contribution in [0.2, 0.25) is 0 Å². The Hall–Kier alpha value is -0.570. The van der Waals surface area contributed by atoms with E-state index in [0.717, 1.165) is 12.8 Å². The fourth-order valence-corrected chi connectivity index (χ4v) is 1.12. The largest absolute Gasteiger partial charge is 0.468 e. The highest BCUT2D eigenvalue weighted by Gasteiger charge is 2.31. The lowest BCUT2D eigenvalue weighted by molar-refractivity contribution is -0.147. The molecule has 0 aliphatic heterocycles. The zero-order chi connectivity index (χ0) is 9.61. The first-order valence-corrected chi connectivity index (χ1v) is 4.48. The van der Waals surface area contributed by atoms with E-state index in [1.165, 1.54) is 7.11 Å². The summed E-state index contributed by atoms with van der Waals surface area (Å²) in [5.41, 5.74) is 5.10. The van der Waals surface area contributed by atoms with Crippen molar-refractivity contribution in [1.82, 2.24) is 0 Å². The van der Waals surface area contributed by atoms with Gasteiger partial charge < -0.3 is 10.5 Å². The Balaban J connectivity index is 4.13. The van der Waals surface area contributed by atoms with Gasteiger partial charge in [0.2, 0.25) is 0 Å². The molecule has 0 amide bonds. The molecule has 0 bridgehead atoms. The topological polar surface area (TPSA) is 52.3 Å². The molecule has 2 N–H and O–H groups in total. The molecular weight excluding hydrogens is 154 g/mol. The maximum Gasteiger partial charge on any atom is 0.325 e. The monoisotopic (exact) mass is 173 g/mol. The molecule has 72 valence electrons. The first kappa shape index (κ1) is 11.4. The van der Waals surface area contributed by atoms with Gasteiger partial charge in [-0.25, -0.2) is 0 Å². The minimum Gasteiger partial charge on any atom is -0.468 e. The zero-order valence-electron chi connectivity index (χ0n) is 8.22. The summed E-state index contributed by atoms with van der Waals surface area (Å²) in [6.45, 7) is 3.99. The summed E-state index contributed by atoms with van der Waals surface area (Å²) >= 11 is 0. The van der Waals surface area contributed by atoms with Gasteiger partial charge in [-0.05, 0) is 12.8 Å². The molecule has 0 rings (SSSR count). The second-order valence-electron chi connectivity index (χ2n) is 3.10. The van der Waals surface area contributed by atoms with E-state index in [9.17, 15) is 4.79 Å². The molecule has 1 atom stereocenters. The molecule has 0 fully saturated rings. The number of carbonyl (C=O) groups excluding carboxylic acids is 1. The molecule has 3 heteroatoms. The molecule has 0 aliphatic carbocycles. The SMILES string of the molecule is CCCCC(N)(CC)C(=O)OC. The van der Waals surface area contributed by atoms with Crippen LogP contribution < -0.4 is 5.73 Å². The molecule has 12 heavy (non-hydrogen) atoms. The Morgan fingerprint density at radius 3 is 2.42 bits per heavy atom. The van der Waals surface area contributed by atoms with Crippen molar-refractivity contribution in [1.29, 1.82) is 0 Å². The van der Waals surface area contributed by atoms with Crippen molar-refractivity contribution < 1.29 is 9.53 Å². The number of esters is 1. The third-order valence-corrected chi connectivity index (χ3v) is 2.20. The molecule has 0 aromatic carbocycles. The number of carbonyl (C=O) groups is 1. The maximum atomic E-state index is 11.2. The Morgan fingerprint density at radius 2 is 2.08 bits per heavy atom. The van der Waals surface area contributed by atoms with Crippen LogP contribution in [-0.4, -0.2) is 18.6 Å². The summed E-state index contributed by atoms with van der Waals surface area (Å²) in [5.74, 6) is -0.293. The van der Waals surface area contributed by atoms with Crippen molar-refractivity contribution in [3.63, 3.8) is 0 Å². The van der Waals surface area contributed by atoms with Gasteiger partial charge in [0.25, 0.3) is 0 Å². The number of methoxy groups -OCH3 is 1. The average Bonchev–Trinajstić information content (AvgIpc) is 2.12. The third-order valence-electron chi connectivity index (χ3n) is 2.20. The lowest BCUT2D eigenvalue weighted by Gasteiger charge is -2.24. The maximum absolute atomic E-state index is 11.2. The molecule has 3 nitrogen and oxygen atoms in total. The van der Waals surface area contributed by atoms with Gasteiger partial charge in [0.1, 0.15) is 5.54 Å². The second-order valence-corrected chi connectivity index (χ2v) is 3.10. The van der Waals surface area contributed by atoms with Gasteiger partial charge in [-0.1, -0.05) is 26.7 Å². The summed E-state index contributed by atoms with van der Waals surface area (Å²) in [4.78, 5) is 11.2. The van der Waals surface area contributed by atoms with Crippen LogP contribution in [0.3, 0.4) is 0 Å². The van der Waals surface area contributed by atoms with E-state index in [1.54, 1.807) is 0 Å². The molecule has 0 heterocycles. The fraction of sp³-hybridized carbons (Fsp3) is 0.889. The van der Waals surface area contributed by atoms with Crippen LogP contribution >= 0.6 is 0 Å². The number of rotatable bonds is 5. The van der Waals surface area contributed by atoms with Crippen molar-refractivity contribution in [3.05, 3.63) is 0 Å². The van der Waals surface area contributed by atoms with Gasteiger partial charge in [-0.2, -0.15) is 0 Å². The van der Waals surface area contributed by atoms with Crippen LogP contribution in [0.25, 0.3) is 0 Å². The van der Waals surface area contributed by atoms with Crippen LogP contribution in [0.5, 0.6) is 0 Å². The first-order chi connectivity index (χ1) is 5.60. The van der Waals surface area contributed by atoms with Gasteiger partial charge in [-0.15, -0.1) is 0 Å². The predicted octanol–water partition coefficient (Wildman–Crippen LogP) is 1.46.